The van der Waals surface area contributed by atoms with E-state index < -0.39 is 5.97 Å². The largest absolute Gasteiger partial charge is 0.480 e. The number of hydrogen-bond donors (Lipinski definition) is 1. The van der Waals surface area contributed by atoms with Crippen molar-refractivity contribution >= 4 is 5.97 Å². The number of carbonyl (C=O) groups is 1. The summed E-state index contributed by atoms with van der Waals surface area (Å²) in [7, 11) is 0. The van der Waals surface area contributed by atoms with Crippen LogP contribution in [0.1, 0.15) is 19.8 Å². The summed E-state index contributed by atoms with van der Waals surface area (Å²) < 4.78 is 4.96. The molecule has 1 aliphatic rings. The lowest BCUT2D eigenvalue weighted by Gasteiger charge is -2.08. The van der Waals surface area contributed by atoms with Crippen molar-refractivity contribution in [1.29, 1.82) is 0 Å². The monoisotopic (exact) mass is 158 g/mol. The quantitative estimate of drug-likeness (QED) is 0.652. The van der Waals surface area contributed by atoms with Crippen molar-refractivity contribution in [2.24, 2.45) is 11.8 Å². The van der Waals surface area contributed by atoms with Crippen molar-refractivity contribution in [3.8, 4) is 0 Å². The standard InChI is InChI=1S/C8H14O3/c1-6(7-2-3-7)4-11-5-8(9)10/h6-7H,2-5H2,1H3,(H,9,10). The summed E-state index contributed by atoms with van der Waals surface area (Å²) >= 11 is 0. The van der Waals surface area contributed by atoms with E-state index in [2.05, 4.69) is 6.92 Å². The Labute approximate surface area is 66.4 Å². The Morgan fingerprint density at radius 3 is 2.82 bits per heavy atom. The van der Waals surface area contributed by atoms with E-state index in [4.69, 9.17) is 9.84 Å². The molecule has 1 unspecified atom stereocenters. The Hall–Kier alpha value is -0.570. The molecule has 11 heavy (non-hydrogen) atoms. The van der Waals surface area contributed by atoms with Gasteiger partial charge in [-0.1, -0.05) is 6.92 Å². The van der Waals surface area contributed by atoms with Crippen molar-refractivity contribution in [2.75, 3.05) is 13.2 Å². The van der Waals surface area contributed by atoms with Crippen molar-refractivity contribution in [2.45, 2.75) is 19.8 Å². The summed E-state index contributed by atoms with van der Waals surface area (Å²) in [6, 6.07) is 0. The lowest BCUT2D eigenvalue weighted by Crippen LogP contribution is -2.13. The van der Waals surface area contributed by atoms with E-state index in [9.17, 15) is 4.79 Å². The molecule has 0 aliphatic heterocycles. The Morgan fingerprint density at radius 1 is 1.73 bits per heavy atom. The van der Waals surface area contributed by atoms with Crippen LogP contribution in [0.2, 0.25) is 0 Å². The zero-order valence-corrected chi connectivity index (χ0v) is 6.75. The average Bonchev–Trinajstić information content (AvgIpc) is 2.66. The van der Waals surface area contributed by atoms with Crippen molar-refractivity contribution in [3.63, 3.8) is 0 Å². The number of rotatable bonds is 5. The predicted octanol–water partition coefficient (Wildman–Crippen LogP) is 1.13. The van der Waals surface area contributed by atoms with E-state index >= 15 is 0 Å². The molecule has 0 spiro atoms. The fraction of sp³-hybridized carbons (Fsp3) is 0.875. The molecule has 1 aliphatic carbocycles. The molecule has 1 N–H and O–H groups in total. The second-order valence-corrected chi connectivity index (χ2v) is 3.22. The van der Waals surface area contributed by atoms with Gasteiger partial charge in [-0.3, -0.25) is 0 Å². The summed E-state index contributed by atoms with van der Waals surface area (Å²) in [5.74, 6) is 0.450. The van der Waals surface area contributed by atoms with Crippen molar-refractivity contribution in [1.82, 2.24) is 0 Å². The van der Waals surface area contributed by atoms with Gasteiger partial charge >= 0.3 is 5.97 Å². The minimum Gasteiger partial charge on any atom is -0.480 e. The second kappa shape index (κ2) is 3.72. The Bertz CT molecular complexity index is 140. The molecule has 1 fully saturated rings. The second-order valence-electron chi connectivity index (χ2n) is 3.22. The zero-order valence-electron chi connectivity index (χ0n) is 6.75. The Kier molecular flexibility index (Phi) is 2.88. The predicted molar refractivity (Wildman–Crippen MR) is 40.3 cm³/mol. The van der Waals surface area contributed by atoms with Crippen LogP contribution in [-0.2, 0) is 9.53 Å². The average molecular weight is 158 g/mol. The Morgan fingerprint density at radius 2 is 2.36 bits per heavy atom. The summed E-state index contributed by atoms with van der Waals surface area (Å²) in [4.78, 5) is 10.0. The van der Waals surface area contributed by atoms with Crippen molar-refractivity contribution in [3.05, 3.63) is 0 Å². The van der Waals surface area contributed by atoms with Gasteiger partial charge in [0.15, 0.2) is 0 Å². The zero-order chi connectivity index (χ0) is 8.27. The molecule has 0 radical (unpaired) electrons. The summed E-state index contributed by atoms with van der Waals surface area (Å²) in [5, 5.41) is 8.26. The van der Waals surface area contributed by atoms with Crippen LogP contribution in [0.25, 0.3) is 0 Å². The molecule has 1 rings (SSSR count). The van der Waals surface area contributed by atoms with Crippen LogP contribution in [0.3, 0.4) is 0 Å². The maximum Gasteiger partial charge on any atom is 0.329 e. The third-order valence-corrected chi connectivity index (χ3v) is 2.03. The minimum absolute atomic E-state index is 0.156. The molecule has 0 aromatic rings. The van der Waals surface area contributed by atoms with Gasteiger partial charge in [-0.2, -0.15) is 0 Å². The first-order valence-corrected chi connectivity index (χ1v) is 3.99. The SMILES string of the molecule is CC(COCC(=O)O)C1CC1. The lowest BCUT2D eigenvalue weighted by atomic mass is 10.1. The number of hydrogen-bond acceptors (Lipinski definition) is 2. The molecule has 1 atom stereocenters. The van der Waals surface area contributed by atoms with Crippen LogP contribution in [-0.4, -0.2) is 24.3 Å². The van der Waals surface area contributed by atoms with Gasteiger partial charge in [0, 0.05) is 0 Å². The van der Waals surface area contributed by atoms with E-state index in [-0.39, 0.29) is 6.61 Å². The van der Waals surface area contributed by atoms with Gasteiger partial charge in [-0.05, 0) is 24.7 Å². The van der Waals surface area contributed by atoms with Gasteiger partial charge in [-0.25, -0.2) is 4.79 Å². The molecular weight excluding hydrogens is 144 g/mol. The van der Waals surface area contributed by atoms with Gasteiger partial charge in [0.25, 0.3) is 0 Å². The first-order chi connectivity index (χ1) is 5.20. The number of carboxylic acid groups (broad SMARTS) is 1. The number of carboxylic acids is 1. The fourth-order valence-corrected chi connectivity index (χ4v) is 1.13. The Balaban J connectivity index is 1.97. The van der Waals surface area contributed by atoms with Gasteiger partial charge in [0.1, 0.15) is 6.61 Å². The highest BCUT2D eigenvalue weighted by Crippen LogP contribution is 2.36. The van der Waals surface area contributed by atoms with Crippen LogP contribution in [0.15, 0.2) is 0 Å². The van der Waals surface area contributed by atoms with Gasteiger partial charge in [0.05, 0.1) is 6.61 Å². The van der Waals surface area contributed by atoms with E-state index in [1.54, 1.807) is 0 Å². The van der Waals surface area contributed by atoms with Gasteiger partial charge in [0.2, 0.25) is 0 Å². The van der Waals surface area contributed by atoms with Crippen molar-refractivity contribution < 1.29 is 14.6 Å². The molecule has 0 saturated heterocycles. The molecule has 1 saturated carbocycles. The maximum absolute atomic E-state index is 10.0. The molecule has 64 valence electrons. The third kappa shape index (κ3) is 3.37. The van der Waals surface area contributed by atoms with Crippen LogP contribution < -0.4 is 0 Å². The molecule has 0 amide bonds. The minimum atomic E-state index is -0.881. The lowest BCUT2D eigenvalue weighted by molar-refractivity contribution is -0.142. The van der Waals surface area contributed by atoms with Crippen LogP contribution >= 0.6 is 0 Å². The molecule has 0 bridgehead atoms. The topological polar surface area (TPSA) is 46.5 Å². The molecule has 3 heteroatoms. The first-order valence-electron chi connectivity index (χ1n) is 3.99. The highest BCUT2D eigenvalue weighted by Gasteiger charge is 2.27. The first kappa shape index (κ1) is 8.53. The normalized spacial score (nSPS) is 19.7. The van der Waals surface area contributed by atoms with Gasteiger partial charge in [-0.15, -0.1) is 0 Å². The summed E-state index contributed by atoms with van der Waals surface area (Å²) in [6.45, 7) is 2.55. The van der Waals surface area contributed by atoms with E-state index in [1.807, 2.05) is 0 Å². The maximum atomic E-state index is 10.0. The highest BCUT2D eigenvalue weighted by atomic mass is 16.5. The van der Waals surface area contributed by atoms with E-state index in [1.165, 1.54) is 12.8 Å². The number of aliphatic carboxylic acids is 1. The number of ether oxygens (including phenoxy) is 1. The van der Waals surface area contributed by atoms with Crippen LogP contribution in [0.5, 0.6) is 0 Å². The molecule has 0 heterocycles. The third-order valence-electron chi connectivity index (χ3n) is 2.03. The molecule has 0 aromatic heterocycles. The summed E-state index contributed by atoms with van der Waals surface area (Å²) in [6.07, 6.45) is 2.58. The van der Waals surface area contributed by atoms with Gasteiger partial charge < -0.3 is 9.84 Å². The smallest absolute Gasteiger partial charge is 0.329 e. The molecular formula is C8H14O3. The molecule has 3 nitrogen and oxygen atoms in total. The van der Waals surface area contributed by atoms with E-state index in [0.29, 0.717) is 12.5 Å². The highest BCUT2D eigenvalue weighted by molar-refractivity contribution is 5.67. The molecule has 0 aromatic carbocycles. The summed E-state index contributed by atoms with van der Waals surface area (Å²) in [5.41, 5.74) is 0. The van der Waals surface area contributed by atoms with E-state index in [0.717, 1.165) is 5.92 Å². The van der Waals surface area contributed by atoms with Crippen LogP contribution in [0.4, 0.5) is 0 Å². The van der Waals surface area contributed by atoms with Crippen LogP contribution in [0, 0.1) is 11.8 Å². The fourth-order valence-electron chi connectivity index (χ4n) is 1.13.